The standard InChI is InChI=1S/C19H33N5O2.HI/c1-6-20-17(22-13-11-16-10-8-9-12-21-16)23-14-15-24(7-2)18(25)26-19(3,4)5;/h8-10,12H,6-7,11,13-15H2,1-5H3,(H2,20,22,23);1H. The van der Waals surface area contributed by atoms with Gasteiger partial charge in [-0.15, -0.1) is 24.0 Å². The van der Waals surface area contributed by atoms with Gasteiger partial charge in [0.25, 0.3) is 0 Å². The Kier molecular flexibility index (Phi) is 12.8. The number of hydrogen-bond donors (Lipinski definition) is 2. The predicted octanol–water partition coefficient (Wildman–Crippen LogP) is 3.05. The zero-order chi connectivity index (χ0) is 19.4. The van der Waals surface area contributed by atoms with Crippen LogP contribution in [-0.2, 0) is 11.2 Å². The molecule has 1 amide bonds. The second-order valence-electron chi connectivity index (χ2n) is 6.82. The van der Waals surface area contributed by atoms with Gasteiger partial charge in [0.15, 0.2) is 5.96 Å². The number of guanidine groups is 1. The lowest BCUT2D eigenvalue weighted by Gasteiger charge is -2.26. The Morgan fingerprint density at radius 3 is 2.56 bits per heavy atom. The number of carbonyl (C=O) groups is 1. The minimum absolute atomic E-state index is 0. The van der Waals surface area contributed by atoms with Gasteiger partial charge in [-0.2, -0.15) is 0 Å². The fourth-order valence-corrected chi connectivity index (χ4v) is 2.18. The molecule has 2 N–H and O–H groups in total. The van der Waals surface area contributed by atoms with Crippen LogP contribution in [0, 0.1) is 0 Å². The second-order valence-corrected chi connectivity index (χ2v) is 6.82. The number of carbonyl (C=O) groups excluding carboxylic acids is 1. The molecule has 154 valence electrons. The summed E-state index contributed by atoms with van der Waals surface area (Å²) in [6, 6.07) is 5.88. The van der Waals surface area contributed by atoms with Crippen LogP contribution in [0.3, 0.4) is 0 Å². The Morgan fingerprint density at radius 1 is 1.26 bits per heavy atom. The van der Waals surface area contributed by atoms with Crippen molar-refractivity contribution in [2.24, 2.45) is 4.99 Å². The molecule has 0 aliphatic heterocycles. The van der Waals surface area contributed by atoms with E-state index >= 15 is 0 Å². The monoisotopic (exact) mass is 491 g/mol. The summed E-state index contributed by atoms with van der Waals surface area (Å²) in [5.74, 6) is 0.740. The molecule has 0 saturated carbocycles. The average molecular weight is 491 g/mol. The summed E-state index contributed by atoms with van der Waals surface area (Å²) in [7, 11) is 0. The first-order chi connectivity index (χ1) is 12.4. The van der Waals surface area contributed by atoms with E-state index in [4.69, 9.17) is 4.74 Å². The first-order valence-corrected chi connectivity index (χ1v) is 9.25. The summed E-state index contributed by atoms with van der Waals surface area (Å²) in [5, 5.41) is 6.47. The third-order valence-electron chi connectivity index (χ3n) is 3.42. The summed E-state index contributed by atoms with van der Waals surface area (Å²) in [6.45, 7) is 12.8. The molecular weight excluding hydrogens is 457 g/mol. The molecule has 0 unspecified atom stereocenters. The molecule has 0 bridgehead atoms. The number of aromatic nitrogens is 1. The minimum atomic E-state index is -0.486. The summed E-state index contributed by atoms with van der Waals surface area (Å²) in [5.41, 5.74) is 0.536. The number of nitrogens with zero attached hydrogens (tertiary/aromatic N) is 3. The van der Waals surface area contributed by atoms with Crippen LogP contribution in [0.5, 0.6) is 0 Å². The van der Waals surface area contributed by atoms with E-state index in [0.717, 1.165) is 24.6 Å². The molecule has 8 heteroatoms. The van der Waals surface area contributed by atoms with Gasteiger partial charge >= 0.3 is 6.09 Å². The first kappa shape index (κ1) is 25.4. The SMILES string of the molecule is CCNC(=NCCc1ccccn1)NCCN(CC)C(=O)OC(C)(C)C.I. The number of halogens is 1. The fraction of sp³-hybridized carbons (Fsp3) is 0.632. The lowest BCUT2D eigenvalue weighted by Crippen LogP contribution is -2.44. The number of ether oxygens (including phenoxy) is 1. The van der Waals surface area contributed by atoms with Crippen molar-refractivity contribution in [1.82, 2.24) is 20.5 Å². The first-order valence-electron chi connectivity index (χ1n) is 9.25. The van der Waals surface area contributed by atoms with Crippen LogP contribution in [0.15, 0.2) is 29.4 Å². The van der Waals surface area contributed by atoms with E-state index in [1.165, 1.54) is 0 Å². The lowest BCUT2D eigenvalue weighted by molar-refractivity contribution is 0.0264. The summed E-state index contributed by atoms with van der Waals surface area (Å²) >= 11 is 0. The number of pyridine rings is 1. The number of aliphatic imine (C=N–C) groups is 1. The molecule has 0 aliphatic rings. The number of hydrogen-bond acceptors (Lipinski definition) is 4. The van der Waals surface area contributed by atoms with Gasteiger partial charge in [-0.1, -0.05) is 6.07 Å². The summed E-state index contributed by atoms with van der Waals surface area (Å²) in [4.78, 5) is 22.7. The van der Waals surface area contributed by atoms with Crippen molar-refractivity contribution in [3.05, 3.63) is 30.1 Å². The molecular formula is C19H34IN5O2. The normalized spacial score (nSPS) is 11.4. The van der Waals surface area contributed by atoms with E-state index in [-0.39, 0.29) is 30.1 Å². The maximum atomic E-state index is 12.1. The molecule has 7 nitrogen and oxygen atoms in total. The lowest BCUT2D eigenvalue weighted by atomic mass is 10.2. The van der Waals surface area contributed by atoms with Crippen molar-refractivity contribution in [3.8, 4) is 0 Å². The molecule has 0 radical (unpaired) electrons. The van der Waals surface area contributed by atoms with Gasteiger partial charge in [-0.3, -0.25) is 9.98 Å². The van der Waals surface area contributed by atoms with Gasteiger partial charge in [-0.05, 0) is 46.8 Å². The molecule has 0 fully saturated rings. The molecule has 1 heterocycles. The summed E-state index contributed by atoms with van der Waals surface area (Å²) in [6.07, 6.45) is 2.29. The number of amides is 1. The molecule has 1 rings (SSSR count). The van der Waals surface area contributed by atoms with Crippen molar-refractivity contribution < 1.29 is 9.53 Å². The van der Waals surface area contributed by atoms with Gasteiger partial charge in [0.2, 0.25) is 0 Å². The van der Waals surface area contributed by atoms with Crippen molar-refractivity contribution in [1.29, 1.82) is 0 Å². The van der Waals surface area contributed by atoms with Crippen molar-refractivity contribution in [2.75, 3.05) is 32.7 Å². The maximum absolute atomic E-state index is 12.1. The smallest absolute Gasteiger partial charge is 0.410 e. The van der Waals surface area contributed by atoms with E-state index in [1.807, 2.05) is 52.8 Å². The largest absolute Gasteiger partial charge is 0.444 e. The van der Waals surface area contributed by atoms with Gasteiger partial charge in [0, 0.05) is 51.0 Å². The Bertz CT molecular complexity index is 561. The number of likely N-dealkylation sites (N-methyl/N-ethyl adjacent to an activating group) is 1. The minimum Gasteiger partial charge on any atom is -0.444 e. The highest BCUT2D eigenvalue weighted by atomic mass is 127. The molecule has 1 aromatic heterocycles. The zero-order valence-corrected chi connectivity index (χ0v) is 19.4. The summed E-state index contributed by atoms with van der Waals surface area (Å²) < 4.78 is 5.42. The molecule has 0 saturated heterocycles. The highest BCUT2D eigenvalue weighted by Gasteiger charge is 2.20. The van der Waals surface area contributed by atoms with Gasteiger partial charge < -0.3 is 20.3 Å². The molecule has 0 atom stereocenters. The third kappa shape index (κ3) is 11.7. The Labute approximate surface area is 180 Å². The highest BCUT2D eigenvalue weighted by molar-refractivity contribution is 14.0. The molecule has 27 heavy (non-hydrogen) atoms. The average Bonchev–Trinajstić information content (AvgIpc) is 2.58. The van der Waals surface area contributed by atoms with E-state index in [0.29, 0.717) is 26.2 Å². The fourth-order valence-electron chi connectivity index (χ4n) is 2.18. The predicted molar refractivity (Wildman–Crippen MR) is 121 cm³/mol. The van der Waals surface area contributed by atoms with Crippen LogP contribution in [0.4, 0.5) is 4.79 Å². The molecule has 0 aliphatic carbocycles. The number of nitrogens with one attached hydrogen (secondary N) is 2. The van der Waals surface area contributed by atoms with E-state index in [1.54, 1.807) is 11.1 Å². The molecule has 1 aromatic rings. The van der Waals surface area contributed by atoms with Crippen LogP contribution in [-0.4, -0.2) is 60.3 Å². The van der Waals surface area contributed by atoms with Crippen LogP contribution < -0.4 is 10.6 Å². The van der Waals surface area contributed by atoms with Crippen LogP contribution >= 0.6 is 24.0 Å². The van der Waals surface area contributed by atoms with Gasteiger partial charge in [0.05, 0.1) is 0 Å². The van der Waals surface area contributed by atoms with Crippen molar-refractivity contribution in [2.45, 2.75) is 46.6 Å². The third-order valence-corrected chi connectivity index (χ3v) is 3.42. The van der Waals surface area contributed by atoms with Gasteiger partial charge in [-0.25, -0.2) is 4.79 Å². The second kappa shape index (κ2) is 13.6. The van der Waals surface area contributed by atoms with Crippen molar-refractivity contribution in [3.63, 3.8) is 0 Å². The maximum Gasteiger partial charge on any atom is 0.410 e. The van der Waals surface area contributed by atoms with Crippen LogP contribution in [0.1, 0.15) is 40.3 Å². The number of rotatable bonds is 8. The van der Waals surface area contributed by atoms with Crippen molar-refractivity contribution >= 4 is 36.0 Å². The van der Waals surface area contributed by atoms with E-state index in [9.17, 15) is 4.79 Å². The van der Waals surface area contributed by atoms with E-state index < -0.39 is 5.60 Å². The van der Waals surface area contributed by atoms with Crippen LogP contribution in [0.25, 0.3) is 0 Å². The Hall–Kier alpha value is -1.58. The van der Waals surface area contributed by atoms with E-state index in [2.05, 4.69) is 20.6 Å². The van der Waals surface area contributed by atoms with Gasteiger partial charge in [0.1, 0.15) is 5.60 Å². The van der Waals surface area contributed by atoms with Crippen LogP contribution in [0.2, 0.25) is 0 Å². The quantitative estimate of drug-likeness (QED) is 0.332. The molecule has 0 aromatic carbocycles. The Balaban J connectivity index is 0.00000676. The zero-order valence-electron chi connectivity index (χ0n) is 17.1. The molecule has 0 spiro atoms. The Morgan fingerprint density at radius 2 is 2.00 bits per heavy atom. The highest BCUT2D eigenvalue weighted by Crippen LogP contribution is 2.09. The topological polar surface area (TPSA) is 78.9 Å².